The lowest BCUT2D eigenvalue weighted by Crippen LogP contribution is -1.95. The van der Waals surface area contributed by atoms with Crippen LogP contribution in [0.3, 0.4) is 0 Å². The fraction of sp³-hybridized carbons (Fsp3) is 0.600. The van der Waals surface area contributed by atoms with Crippen molar-refractivity contribution in [2.24, 2.45) is 5.92 Å². The maximum atomic E-state index is 2.43. The van der Waals surface area contributed by atoms with Crippen molar-refractivity contribution in [3.8, 4) is 0 Å². The molecule has 0 nitrogen and oxygen atoms in total. The fourth-order valence-electron chi connectivity index (χ4n) is 2.54. The first-order chi connectivity index (χ1) is 9.49. The highest BCUT2D eigenvalue weighted by molar-refractivity contribution is 5.20. The number of rotatable bonds is 1. The van der Waals surface area contributed by atoms with E-state index in [1.807, 2.05) is 0 Å². The summed E-state index contributed by atoms with van der Waals surface area (Å²) in [6, 6.07) is 0. The van der Waals surface area contributed by atoms with Crippen LogP contribution in [-0.2, 0) is 0 Å². The monoisotopic (exact) mass is 272 g/mol. The molecule has 0 fully saturated rings. The van der Waals surface area contributed by atoms with Crippen LogP contribution in [-0.4, -0.2) is 0 Å². The molecule has 0 amide bonds. The molecule has 0 aromatic rings. The van der Waals surface area contributed by atoms with E-state index in [2.05, 4.69) is 58.9 Å². The Morgan fingerprint density at radius 3 is 1.85 bits per heavy atom. The van der Waals surface area contributed by atoms with Gasteiger partial charge in [0.05, 0.1) is 0 Å². The molecule has 0 saturated carbocycles. The maximum Gasteiger partial charge on any atom is -0.0257 e. The average molecular weight is 272 g/mol. The molecule has 0 unspecified atom stereocenters. The summed E-state index contributed by atoms with van der Waals surface area (Å²) in [7, 11) is 0. The predicted molar refractivity (Wildman–Crippen MR) is 91.9 cm³/mol. The average Bonchev–Trinajstić information content (AvgIpc) is 2.37. The zero-order valence-electron chi connectivity index (χ0n) is 14.1. The van der Waals surface area contributed by atoms with Crippen LogP contribution in [0.15, 0.2) is 46.6 Å². The van der Waals surface area contributed by atoms with E-state index >= 15 is 0 Å². The predicted octanol–water partition coefficient (Wildman–Crippen LogP) is 6.76. The van der Waals surface area contributed by atoms with Crippen molar-refractivity contribution in [3.05, 3.63) is 46.6 Å². The summed E-state index contributed by atoms with van der Waals surface area (Å²) < 4.78 is 0. The summed E-state index contributed by atoms with van der Waals surface area (Å²) >= 11 is 0. The van der Waals surface area contributed by atoms with Gasteiger partial charge in [0.25, 0.3) is 0 Å². The van der Waals surface area contributed by atoms with Gasteiger partial charge in [0.2, 0.25) is 0 Å². The topological polar surface area (TPSA) is 0 Å². The maximum absolute atomic E-state index is 2.43. The van der Waals surface area contributed by atoms with Gasteiger partial charge in [0, 0.05) is 0 Å². The second-order valence-electron chi connectivity index (χ2n) is 6.59. The van der Waals surface area contributed by atoms with Crippen molar-refractivity contribution in [1.82, 2.24) is 0 Å². The van der Waals surface area contributed by atoms with E-state index in [9.17, 15) is 0 Å². The quantitative estimate of drug-likeness (QED) is 0.462. The molecule has 1 aliphatic rings. The first-order valence-electron chi connectivity index (χ1n) is 8.16. The van der Waals surface area contributed by atoms with Crippen molar-refractivity contribution < 1.29 is 0 Å². The molecule has 0 atom stereocenters. The number of hydrogen-bond acceptors (Lipinski definition) is 0. The van der Waals surface area contributed by atoms with Gasteiger partial charge >= 0.3 is 0 Å². The van der Waals surface area contributed by atoms with Crippen LogP contribution in [0.2, 0.25) is 0 Å². The minimum absolute atomic E-state index is 0.655. The molecule has 20 heavy (non-hydrogen) atoms. The SMILES string of the molecule is C/C1=C\C=C(\C(C)C)CC/C(C)=C/CC/C(C)=C/CC1. The second-order valence-corrected chi connectivity index (χ2v) is 6.59. The summed E-state index contributed by atoms with van der Waals surface area (Å²) in [5.41, 5.74) is 6.16. The summed E-state index contributed by atoms with van der Waals surface area (Å²) in [5.74, 6) is 0.655. The Morgan fingerprint density at radius 2 is 1.25 bits per heavy atom. The largest absolute Gasteiger partial charge is 0.0853 e. The van der Waals surface area contributed by atoms with Gasteiger partial charge in [-0.05, 0) is 65.2 Å². The molecule has 112 valence electrons. The minimum Gasteiger partial charge on any atom is -0.0853 e. The molecule has 0 heterocycles. The molecule has 1 rings (SSSR count). The first-order valence-corrected chi connectivity index (χ1v) is 8.16. The van der Waals surface area contributed by atoms with Crippen LogP contribution >= 0.6 is 0 Å². The molecule has 0 N–H and O–H groups in total. The highest BCUT2D eigenvalue weighted by Crippen LogP contribution is 2.21. The molecule has 0 bridgehead atoms. The molecule has 0 spiro atoms. The number of allylic oxidation sites excluding steroid dienone is 8. The summed E-state index contributed by atoms with van der Waals surface area (Å²) in [6.07, 6.45) is 16.8. The van der Waals surface area contributed by atoms with E-state index in [4.69, 9.17) is 0 Å². The first kappa shape index (κ1) is 17.0. The van der Waals surface area contributed by atoms with E-state index in [1.165, 1.54) is 49.7 Å². The molecule has 0 aliphatic heterocycles. The Bertz CT molecular complexity index is 413. The normalized spacial score (nSPS) is 30.1. The van der Waals surface area contributed by atoms with Crippen molar-refractivity contribution in [2.45, 2.75) is 73.1 Å². The van der Waals surface area contributed by atoms with Crippen molar-refractivity contribution in [1.29, 1.82) is 0 Å². The van der Waals surface area contributed by atoms with Crippen LogP contribution in [0, 0.1) is 5.92 Å². The van der Waals surface area contributed by atoms with Gasteiger partial charge in [-0.3, -0.25) is 0 Å². The van der Waals surface area contributed by atoms with Crippen LogP contribution in [0.1, 0.15) is 73.1 Å². The lowest BCUT2D eigenvalue weighted by molar-refractivity contribution is 0.706. The van der Waals surface area contributed by atoms with E-state index in [0.717, 1.165) is 0 Å². The van der Waals surface area contributed by atoms with Crippen molar-refractivity contribution in [3.63, 3.8) is 0 Å². The Hall–Kier alpha value is -1.04. The molecule has 1 aliphatic carbocycles. The Balaban J connectivity index is 2.87. The van der Waals surface area contributed by atoms with Crippen molar-refractivity contribution >= 4 is 0 Å². The number of hydrogen-bond donors (Lipinski definition) is 0. The Kier molecular flexibility index (Phi) is 7.65. The van der Waals surface area contributed by atoms with E-state index in [1.54, 1.807) is 11.1 Å². The molecule has 0 radical (unpaired) electrons. The molecular formula is C20H32. The second kappa shape index (κ2) is 9.00. The molecule has 0 heteroatoms. The third-order valence-electron chi connectivity index (χ3n) is 4.19. The zero-order valence-corrected chi connectivity index (χ0v) is 14.1. The summed E-state index contributed by atoms with van der Waals surface area (Å²) in [5, 5.41) is 0. The summed E-state index contributed by atoms with van der Waals surface area (Å²) in [6.45, 7) is 11.4. The van der Waals surface area contributed by atoms with Crippen molar-refractivity contribution in [2.75, 3.05) is 0 Å². The molecule has 0 saturated heterocycles. The lowest BCUT2D eigenvalue weighted by Gasteiger charge is -2.12. The van der Waals surface area contributed by atoms with E-state index in [-0.39, 0.29) is 0 Å². The van der Waals surface area contributed by atoms with Gasteiger partial charge in [0.15, 0.2) is 0 Å². The van der Waals surface area contributed by atoms with Crippen LogP contribution in [0.4, 0.5) is 0 Å². The van der Waals surface area contributed by atoms with Crippen LogP contribution in [0.25, 0.3) is 0 Å². The zero-order chi connectivity index (χ0) is 15.0. The third kappa shape index (κ3) is 6.93. The third-order valence-corrected chi connectivity index (χ3v) is 4.19. The van der Waals surface area contributed by atoms with E-state index < -0.39 is 0 Å². The van der Waals surface area contributed by atoms with Gasteiger partial charge in [-0.25, -0.2) is 0 Å². The van der Waals surface area contributed by atoms with Gasteiger partial charge in [-0.15, -0.1) is 0 Å². The fourth-order valence-corrected chi connectivity index (χ4v) is 2.54. The lowest BCUT2D eigenvalue weighted by atomic mass is 9.94. The van der Waals surface area contributed by atoms with E-state index in [0.29, 0.717) is 5.92 Å². The highest BCUT2D eigenvalue weighted by atomic mass is 14.1. The van der Waals surface area contributed by atoms with Crippen LogP contribution in [0.5, 0.6) is 0 Å². The molecule has 0 aromatic carbocycles. The molecular weight excluding hydrogens is 240 g/mol. The Morgan fingerprint density at radius 1 is 0.700 bits per heavy atom. The van der Waals surface area contributed by atoms with Gasteiger partial charge in [-0.2, -0.15) is 0 Å². The Labute approximate surface area is 126 Å². The minimum atomic E-state index is 0.655. The van der Waals surface area contributed by atoms with Gasteiger partial charge in [0.1, 0.15) is 0 Å². The van der Waals surface area contributed by atoms with Crippen LogP contribution < -0.4 is 0 Å². The van der Waals surface area contributed by atoms with Gasteiger partial charge < -0.3 is 0 Å². The summed E-state index contributed by atoms with van der Waals surface area (Å²) in [4.78, 5) is 0. The smallest absolute Gasteiger partial charge is 0.0257 e. The highest BCUT2D eigenvalue weighted by Gasteiger charge is 2.03. The van der Waals surface area contributed by atoms with Gasteiger partial charge in [-0.1, -0.05) is 60.4 Å². The molecule has 0 aromatic heterocycles. The standard InChI is InChI=1S/C20H32/c1-16(2)20-14-12-18(4)10-6-8-17(3)9-7-11-19(5)13-15-20/h8,11-12,14,16H,6-7,9-10,13,15H2,1-5H3/b17-8+,18-12+,19-11+,20-14+.